The van der Waals surface area contributed by atoms with E-state index in [0.717, 1.165) is 11.1 Å². The number of ether oxygens (including phenoxy) is 1. The molecule has 2 heterocycles. The van der Waals surface area contributed by atoms with Crippen LogP contribution in [0.25, 0.3) is 5.69 Å². The van der Waals surface area contributed by atoms with E-state index in [1.165, 1.54) is 13.2 Å². The number of carbonyl (C=O) groups excluding carboxylic acids is 1. The van der Waals surface area contributed by atoms with Crippen molar-refractivity contribution in [1.82, 2.24) is 24.7 Å². The smallest absolute Gasteiger partial charge is 0.441 e. The molecule has 0 aliphatic rings. The van der Waals surface area contributed by atoms with Crippen molar-refractivity contribution in [3.05, 3.63) is 52.6 Å². The lowest BCUT2D eigenvalue weighted by Gasteiger charge is -2.08. The number of aryl methyl sites for hydroxylation is 1. The fraction of sp³-hybridized carbons (Fsp3) is 0.143. The quantitative estimate of drug-likeness (QED) is 0.737. The van der Waals surface area contributed by atoms with Gasteiger partial charge in [0, 0.05) is 0 Å². The summed E-state index contributed by atoms with van der Waals surface area (Å²) in [4.78, 5) is 36.1. The summed E-state index contributed by atoms with van der Waals surface area (Å²) in [6.07, 6.45) is 0.997. The number of methoxy groups -OCH3 is 1. The predicted molar refractivity (Wildman–Crippen MR) is 81.2 cm³/mol. The van der Waals surface area contributed by atoms with E-state index in [4.69, 9.17) is 4.74 Å². The van der Waals surface area contributed by atoms with Gasteiger partial charge in [-0.05, 0) is 19.1 Å². The summed E-state index contributed by atoms with van der Waals surface area (Å²) in [6.45, 7) is 1.64. The van der Waals surface area contributed by atoms with Crippen LogP contribution in [0.4, 0.5) is 5.95 Å². The van der Waals surface area contributed by atoms with Crippen molar-refractivity contribution >= 4 is 11.9 Å². The Morgan fingerprint density at radius 3 is 2.75 bits per heavy atom. The average Bonchev–Trinajstić information content (AvgIpc) is 3.00. The Bertz CT molecular complexity index is 948. The van der Waals surface area contributed by atoms with Crippen LogP contribution in [0.15, 0.2) is 39.9 Å². The second-order valence-electron chi connectivity index (χ2n) is 4.58. The molecule has 0 saturated heterocycles. The van der Waals surface area contributed by atoms with Crippen molar-refractivity contribution < 1.29 is 13.9 Å². The Morgan fingerprint density at radius 1 is 1.25 bits per heavy atom. The number of nitrogens with one attached hydrogen (secondary N) is 1. The second-order valence-corrected chi connectivity index (χ2v) is 4.58. The van der Waals surface area contributed by atoms with Gasteiger partial charge in [-0.2, -0.15) is 19.6 Å². The van der Waals surface area contributed by atoms with Gasteiger partial charge in [0.25, 0.3) is 5.91 Å². The molecule has 3 rings (SSSR count). The largest absolute Gasteiger partial charge is 0.467 e. The summed E-state index contributed by atoms with van der Waals surface area (Å²) >= 11 is 0. The molecular formula is C14H12N6O4. The highest BCUT2D eigenvalue weighted by molar-refractivity contribution is 6.05. The number of rotatable bonds is 4. The number of anilines is 1. The zero-order valence-electron chi connectivity index (χ0n) is 12.8. The van der Waals surface area contributed by atoms with E-state index < -0.39 is 11.7 Å². The van der Waals surface area contributed by atoms with E-state index in [9.17, 15) is 9.59 Å². The van der Waals surface area contributed by atoms with Gasteiger partial charge in [0.1, 0.15) is 5.82 Å². The van der Waals surface area contributed by atoms with Gasteiger partial charge in [0.2, 0.25) is 12.3 Å². The fourth-order valence-electron chi connectivity index (χ4n) is 2.00. The monoisotopic (exact) mass is 328 g/mol. The molecule has 0 fully saturated rings. The second kappa shape index (κ2) is 6.28. The molecule has 10 nitrogen and oxygen atoms in total. The van der Waals surface area contributed by atoms with Gasteiger partial charge in [0.05, 0.1) is 18.4 Å². The fourth-order valence-corrected chi connectivity index (χ4v) is 2.00. The van der Waals surface area contributed by atoms with Crippen LogP contribution in [-0.2, 0) is 0 Å². The minimum Gasteiger partial charge on any atom is -0.467 e. The number of hydrogen-bond acceptors (Lipinski definition) is 8. The molecule has 2 aromatic heterocycles. The van der Waals surface area contributed by atoms with Crippen molar-refractivity contribution in [3.63, 3.8) is 0 Å². The highest BCUT2D eigenvalue weighted by Gasteiger charge is 2.17. The van der Waals surface area contributed by atoms with Gasteiger partial charge < -0.3 is 9.15 Å². The summed E-state index contributed by atoms with van der Waals surface area (Å²) in [5.74, 6) is -0.800. The number of benzene rings is 1. The van der Waals surface area contributed by atoms with Crippen LogP contribution >= 0.6 is 0 Å². The van der Waals surface area contributed by atoms with Crippen molar-refractivity contribution in [1.29, 1.82) is 0 Å². The maximum absolute atomic E-state index is 12.5. The van der Waals surface area contributed by atoms with Gasteiger partial charge in [0.15, 0.2) is 0 Å². The maximum Gasteiger partial charge on any atom is 0.441 e. The molecule has 0 bridgehead atoms. The zero-order valence-corrected chi connectivity index (χ0v) is 12.8. The molecule has 0 saturated carbocycles. The molecule has 0 aliphatic heterocycles. The first-order valence-corrected chi connectivity index (χ1v) is 6.78. The van der Waals surface area contributed by atoms with Crippen LogP contribution in [0.2, 0.25) is 0 Å². The first-order chi connectivity index (χ1) is 11.6. The van der Waals surface area contributed by atoms with Crippen LogP contribution in [0, 0.1) is 6.92 Å². The molecule has 1 amide bonds. The van der Waals surface area contributed by atoms with Crippen molar-refractivity contribution in [2.45, 2.75) is 6.92 Å². The molecule has 0 atom stereocenters. The van der Waals surface area contributed by atoms with E-state index >= 15 is 0 Å². The van der Waals surface area contributed by atoms with Crippen LogP contribution in [0.3, 0.4) is 0 Å². The van der Waals surface area contributed by atoms with Gasteiger partial charge >= 0.3 is 11.8 Å². The molecule has 0 spiro atoms. The normalized spacial score (nSPS) is 10.4. The molecule has 122 valence electrons. The molecule has 0 radical (unpaired) electrons. The summed E-state index contributed by atoms with van der Waals surface area (Å²) in [5.41, 5.74) is 0.469. The number of para-hydroxylation sites is 1. The number of hydrogen-bond donors (Lipinski definition) is 1. The van der Waals surface area contributed by atoms with Crippen molar-refractivity contribution in [2.75, 3.05) is 12.4 Å². The minimum atomic E-state index is -0.701. The molecule has 10 heteroatoms. The molecule has 1 N–H and O–H groups in total. The standard InChI is InChI=1S/C14H12N6O4/c1-8-16-12(19-13(17-8)23-2)18-11(21)9-5-3-4-6-10(9)20-14(22)24-7-15-20/h3-7H,1-2H3,(H,16,17,18,19,21). The lowest BCUT2D eigenvalue weighted by Crippen LogP contribution is -2.21. The van der Waals surface area contributed by atoms with E-state index in [1.807, 2.05) is 0 Å². The minimum absolute atomic E-state index is 0.0339. The number of amides is 1. The summed E-state index contributed by atoms with van der Waals surface area (Å²) in [7, 11) is 1.41. The summed E-state index contributed by atoms with van der Waals surface area (Å²) in [6, 6.07) is 6.51. The number of nitrogens with zero attached hydrogens (tertiary/aromatic N) is 5. The Labute approximate surface area is 135 Å². The summed E-state index contributed by atoms with van der Waals surface area (Å²) < 4.78 is 10.6. The first kappa shape index (κ1) is 15.3. The highest BCUT2D eigenvalue weighted by atomic mass is 16.5. The number of carbonyl (C=O) groups is 1. The molecule has 3 aromatic rings. The number of aromatic nitrogens is 5. The Hall–Kier alpha value is -3.56. The van der Waals surface area contributed by atoms with Crippen LogP contribution in [0.5, 0.6) is 6.01 Å². The first-order valence-electron chi connectivity index (χ1n) is 6.78. The van der Waals surface area contributed by atoms with Gasteiger partial charge in [-0.25, -0.2) is 4.79 Å². The lowest BCUT2D eigenvalue weighted by atomic mass is 10.1. The zero-order chi connectivity index (χ0) is 17.1. The van der Waals surface area contributed by atoms with Gasteiger partial charge in [-0.15, -0.1) is 5.10 Å². The van der Waals surface area contributed by atoms with Crippen LogP contribution in [-0.4, -0.2) is 37.7 Å². The van der Waals surface area contributed by atoms with E-state index in [0.29, 0.717) is 5.82 Å². The molecule has 1 aromatic carbocycles. The topological polar surface area (TPSA) is 125 Å². The van der Waals surface area contributed by atoms with E-state index in [1.54, 1.807) is 25.1 Å². The third kappa shape index (κ3) is 2.97. The Morgan fingerprint density at radius 2 is 2.04 bits per heavy atom. The molecular weight excluding hydrogens is 316 g/mol. The SMILES string of the molecule is COc1nc(C)nc(NC(=O)c2ccccc2-n2ncoc2=O)n1. The summed E-state index contributed by atoms with van der Waals surface area (Å²) in [5, 5.41) is 6.31. The van der Waals surface area contributed by atoms with Crippen molar-refractivity contribution in [3.8, 4) is 11.7 Å². The van der Waals surface area contributed by atoms with Crippen LogP contribution in [0.1, 0.15) is 16.2 Å². The predicted octanol–water partition coefficient (Wildman–Crippen LogP) is 0.580. The average molecular weight is 328 g/mol. The Kier molecular flexibility index (Phi) is 4.01. The lowest BCUT2D eigenvalue weighted by molar-refractivity contribution is 0.102. The molecule has 0 aliphatic carbocycles. The maximum atomic E-state index is 12.5. The van der Waals surface area contributed by atoms with Crippen LogP contribution < -0.4 is 15.8 Å². The molecule has 24 heavy (non-hydrogen) atoms. The third-order valence-corrected chi connectivity index (χ3v) is 3.00. The Balaban J connectivity index is 1.96. The van der Waals surface area contributed by atoms with E-state index in [2.05, 4.69) is 29.8 Å². The van der Waals surface area contributed by atoms with Gasteiger partial charge in [-0.3, -0.25) is 10.1 Å². The highest BCUT2D eigenvalue weighted by Crippen LogP contribution is 2.14. The van der Waals surface area contributed by atoms with Gasteiger partial charge in [-0.1, -0.05) is 12.1 Å². The third-order valence-electron chi connectivity index (χ3n) is 3.00. The molecule has 0 unspecified atom stereocenters. The van der Waals surface area contributed by atoms with E-state index in [-0.39, 0.29) is 23.2 Å². The van der Waals surface area contributed by atoms with Crippen molar-refractivity contribution in [2.24, 2.45) is 0 Å².